The number of hydrogen-bond acceptors (Lipinski definition) is 3. The highest BCUT2D eigenvalue weighted by Crippen LogP contribution is 2.24. The molecule has 2 amide bonds. The molecule has 5 heteroatoms. The number of para-hydroxylation sites is 1. The molecule has 0 saturated heterocycles. The summed E-state index contributed by atoms with van der Waals surface area (Å²) in [6.07, 6.45) is 0.836. The van der Waals surface area contributed by atoms with Gasteiger partial charge in [0.1, 0.15) is 5.75 Å². The first-order valence-corrected chi connectivity index (χ1v) is 9.62. The Labute approximate surface area is 170 Å². The van der Waals surface area contributed by atoms with E-state index in [1.165, 1.54) is 0 Å². The van der Waals surface area contributed by atoms with Gasteiger partial charge in [-0.3, -0.25) is 20.4 Å². The Morgan fingerprint density at radius 1 is 0.793 bits per heavy atom. The van der Waals surface area contributed by atoms with Crippen molar-refractivity contribution in [1.82, 2.24) is 10.9 Å². The summed E-state index contributed by atoms with van der Waals surface area (Å²) in [5, 5.41) is 0. The molecular weight excluding hydrogens is 364 g/mol. The molecule has 3 rings (SSSR count). The van der Waals surface area contributed by atoms with E-state index in [1.807, 2.05) is 67.6 Å². The van der Waals surface area contributed by atoms with Crippen LogP contribution in [0.15, 0.2) is 84.9 Å². The summed E-state index contributed by atoms with van der Waals surface area (Å²) in [5.74, 6) is -0.791. The summed E-state index contributed by atoms with van der Waals surface area (Å²) in [4.78, 5) is 25.6. The summed E-state index contributed by atoms with van der Waals surface area (Å²) < 4.78 is 5.63. The van der Waals surface area contributed by atoms with Gasteiger partial charge in [-0.2, -0.15) is 0 Å². The van der Waals surface area contributed by atoms with Crippen LogP contribution in [0.25, 0.3) is 0 Å². The van der Waals surface area contributed by atoms with Crippen LogP contribution in [0.1, 0.15) is 40.7 Å². The number of hydrazine groups is 1. The molecule has 0 fully saturated rings. The van der Waals surface area contributed by atoms with E-state index in [0.29, 0.717) is 17.9 Å². The summed E-state index contributed by atoms with van der Waals surface area (Å²) in [6.45, 7) is 2.51. The molecule has 0 spiro atoms. The predicted octanol–water partition coefficient (Wildman–Crippen LogP) is 4.07. The van der Waals surface area contributed by atoms with E-state index in [0.717, 1.165) is 17.5 Å². The summed E-state index contributed by atoms with van der Waals surface area (Å²) >= 11 is 0. The molecular formula is C24H24N2O3. The zero-order valence-corrected chi connectivity index (χ0v) is 16.3. The maximum absolute atomic E-state index is 13.0. The lowest BCUT2D eigenvalue weighted by atomic mass is 9.91. The van der Waals surface area contributed by atoms with Crippen LogP contribution < -0.4 is 15.6 Å². The lowest BCUT2D eigenvalue weighted by Gasteiger charge is -2.18. The van der Waals surface area contributed by atoms with E-state index in [2.05, 4.69) is 10.9 Å². The van der Waals surface area contributed by atoms with E-state index in [4.69, 9.17) is 4.74 Å². The van der Waals surface area contributed by atoms with Crippen molar-refractivity contribution in [2.24, 2.45) is 0 Å². The Bertz CT molecular complexity index is 903. The number of nitrogens with one attached hydrogen (secondary N) is 2. The molecule has 0 aliphatic rings. The van der Waals surface area contributed by atoms with E-state index in [-0.39, 0.29) is 5.91 Å². The lowest BCUT2D eigenvalue weighted by Crippen LogP contribution is -2.44. The van der Waals surface area contributed by atoms with Crippen molar-refractivity contribution in [2.75, 3.05) is 6.61 Å². The molecule has 0 saturated carbocycles. The van der Waals surface area contributed by atoms with Crippen LogP contribution in [0.5, 0.6) is 5.75 Å². The van der Waals surface area contributed by atoms with Crippen molar-refractivity contribution in [1.29, 1.82) is 0 Å². The maximum atomic E-state index is 13.0. The zero-order chi connectivity index (χ0) is 20.5. The predicted molar refractivity (Wildman–Crippen MR) is 113 cm³/mol. The Hall–Kier alpha value is -3.60. The van der Waals surface area contributed by atoms with Crippen LogP contribution in [0.3, 0.4) is 0 Å². The summed E-state index contributed by atoms with van der Waals surface area (Å²) in [6, 6.07) is 25.9. The van der Waals surface area contributed by atoms with Gasteiger partial charge in [0.25, 0.3) is 5.91 Å². The van der Waals surface area contributed by atoms with Crippen LogP contribution in [0, 0.1) is 0 Å². The van der Waals surface area contributed by atoms with Crippen molar-refractivity contribution in [3.05, 3.63) is 102 Å². The number of benzene rings is 3. The van der Waals surface area contributed by atoms with E-state index >= 15 is 0 Å². The quantitative estimate of drug-likeness (QED) is 0.600. The Morgan fingerprint density at radius 3 is 1.93 bits per heavy atom. The normalized spacial score (nSPS) is 10.4. The number of carbonyl (C=O) groups is 2. The molecule has 0 unspecified atom stereocenters. The zero-order valence-electron chi connectivity index (χ0n) is 16.3. The van der Waals surface area contributed by atoms with Gasteiger partial charge >= 0.3 is 0 Å². The van der Waals surface area contributed by atoms with Crippen molar-refractivity contribution in [2.45, 2.75) is 19.3 Å². The molecule has 3 aromatic rings. The second-order valence-corrected chi connectivity index (χ2v) is 6.54. The monoisotopic (exact) mass is 388 g/mol. The fourth-order valence-electron chi connectivity index (χ4n) is 3.04. The van der Waals surface area contributed by atoms with Gasteiger partial charge in [0.2, 0.25) is 5.91 Å². The minimum atomic E-state index is -0.538. The topological polar surface area (TPSA) is 67.4 Å². The van der Waals surface area contributed by atoms with E-state index in [9.17, 15) is 9.59 Å². The maximum Gasteiger partial charge on any atom is 0.273 e. The van der Waals surface area contributed by atoms with Gasteiger partial charge in [0.15, 0.2) is 0 Å². The third-order valence-electron chi connectivity index (χ3n) is 4.42. The van der Waals surface area contributed by atoms with E-state index in [1.54, 1.807) is 24.3 Å². The summed E-state index contributed by atoms with van der Waals surface area (Å²) in [7, 11) is 0. The first-order chi connectivity index (χ1) is 14.2. The van der Waals surface area contributed by atoms with Gasteiger partial charge in [-0.15, -0.1) is 0 Å². The van der Waals surface area contributed by atoms with Gasteiger partial charge < -0.3 is 4.74 Å². The average molecular weight is 388 g/mol. The van der Waals surface area contributed by atoms with Gasteiger partial charge in [-0.1, -0.05) is 79.7 Å². The second kappa shape index (κ2) is 10.1. The van der Waals surface area contributed by atoms with Crippen LogP contribution in [-0.4, -0.2) is 18.4 Å². The van der Waals surface area contributed by atoms with Crippen molar-refractivity contribution in [3.63, 3.8) is 0 Å². The summed E-state index contributed by atoms with van der Waals surface area (Å²) in [5.41, 5.74) is 7.15. The highest BCUT2D eigenvalue weighted by molar-refractivity contribution is 5.98. The van der Waals surface area contributed by atoms with Crippen LogP contribution in [0.2, 0.25) is 0 Å². The second-order valence-electron chi connectivity index (χ2n) is 6.54. The SMILES string of the molecule is CCCOc1ccccc1C(=O)NNC(=O)C(c1ccccc1)c1ccccc1. The van der Waals surface area contributed by atoms with Crippen molar-refractivity contribution >= 4 is 11.8 Å². The number of carbonyl (C=O) groups excluding carboxylic acids is 2. The third-order valence-corrected chi connectivity index (χ3v) is 4.42. The number of amides is 2. The fourth-order valence-corrected chi connectivity index (χ4v) is 3.04. The Kier molecular flexibility index (Phi) is 7.00. The molecule has 148 valence electrons. The van der Waals surface area contributed by atoms with Gasteiger partial charge in [-0.05, 0) is 29.7 Å². The molecule has 0 radical (unpaired) electrons. The van der Waals surface area contributed by atoms with E-state index < -0.39 is 11.8 Å². The lowest BCUT2D eigenvalue weighted by molar-refractivity contribution is -0.122. The van der Waals surface area contributed by atoms with Crippen LogP contribution >= 0.6 is 0 Å². The molecule has 29 heavy (non-hydrogen) atoms. The molecule has 0 aromatic heterocycles. The molecule has 0 heterocycles. The molecule has 0 atom stereocenters. The molecule has 0 aliphatic heterocycles. The minimum absolute atomic E-state index is 0.317. The molecule has 2 N–H and O–H groups in total. The number of hydrogen-bond donors (Lipinski definition) is 2. The first-order valence-electron chi connectivity index (χ1n) is 9.62. The molecule has 0 bridgehead atoms. The van der Waals surface area contributed by atoms with Gasteiger partial charge in [0, 0.05) is 0 Å². The fraction of sp³-hybridized carbons (Fsp3) is 0.167. The number of ether oxygens (including phenoxy) is 1. The van der Waals surface area contributed by atoms with Gasteiger partial charge in [-0.25, -0.2) is 0 Å². The Balaban J connectivity index is 1.75. The molecule has 3 aromatic carbocycles. The largest absolute Gasteiger partial charge is 0.493 e. The van der Waals surface area contributed by atoms with Crippen LogP contribution in [-0.2, 0) is 4.79 Å². The smallest absolute Gasteiger partial charge is 0.273 e. The average Bonchev–Trinajstić information content (AvgIpc) is 2.78. The molecule has 5 nitrogen and oxygen atoms in total. The highest BCUT2D eigenvalue weighted by Gasteiger charge is 2.23. The van der Waals surface area contributed by atoms with Crippen LogP contribution in [0.4, 0.5) is 0 Å². The van der Waals surface area contributed by atoms with Gasteiger partial charge in [0.05, 0.1) is 18.1 Å². The molecule has 0 aliphatic carbocycles. The first kappa shape index (κ1) is 20.1. The Morgan fingerprint density at radius 2 is 1.34 bits per heavy atom. The van der Waals surface area contributed by atoms with Crippen molar-refractivity contribution < 1.29 is 14.3 Å². The minimum Gasteiger partial charge on any atom is -0.493 e. The highest BCUT2D eigenvalue weighted by atomic mass is 16.5. The van der Waals surface area contributed by atoms with Crippen molar-refractivity contribution in [3.8, 4) is 5.75 Å². The number of rotatable bonds is 7. The third kappa shape index (κ3) is 5.23. The standard InChI is InChI=1S/C24H24N2O3/c1-2-17-29-21-16-10-9-15-20(21)23(27)25-26-24(28)22(18-11-5-3-6-12-18)19-13-7-4-8-14-19/h3-16,22H,2,17H2,1H3,(H,25,27)(H,26,28).